The second-order valence-corrected chi connectivity index (χ2v) is 10.5. The fourth-order valence-corrected chi connectivity index (χ4v) is 6.45. The summed E-state index contributed by atoms with van der Waals surface area (Å²) in [6.07, 6.45) is 0.158. The van der Waals surface area contributed by atoms with E-state index in [2.05, 4.69) is 24.3 Å². The van der Waals surface area contributed by atoms with Gasteiger partial charge < -0.3 is 14.3 Å². The van der Waals surface area contributed by atoms with Crippen LogP contribution >= 0.6 is 7.92 Å². The summed E-state index contributed by atoms with van der Waals surface area (Å²) in [5, 5.41) is 3.09. The molecule has 0 bridgehead atoms. The Morgan fingerprint density at radius 3 is 1.94 bits per heavy atom. The largest absolute Gasteiger partial charge is 0.466 e. The molecule has 0 radical (unpaired) electrons. The Morgan fingerprint density at radius 2 is 1.40 bits per heavy atom. The Morgan fingerprint density at radius 1 is 0.857 bits per heavy atom. The van der Waals surface area contributed by atoms with Crippen LogP contribution in [0.5, 0.6) is 0 Å². The van der Waals surface area contributed by atoms with Crippen LogP contribution in [0.3, 0.4) is 0 Å². The van der Waals surface area contributed by atoms with E-state index in [1.807, 2.05) is 54.6 Å². The maximum absolute atomic E-state index is 13.6. The van der Waals surface area contributed by atoms with E-state index in [0.29, 0.717) is 5.56 Å². The molecule has 0 aliphatic heterocycles. The highest BCUT2D eigenvalue weighted by atomic mass is 31.1. The average molecular weight is 491 g/mol. The lowest BCUT2D eigenvalue weighted by molar-refractivity contribution is -0.152. The highest BCUT2D eigenvalue weighted by Gasteiger charge is 2.34. The zero-order valence-electron chi connectivity index (χ0n) is 20.3. The molecule has 0 aromatic heterocycles. The minimum atomic E-state index is -1.03. The molecular formula is C29H31O5P. The molecule has 0 unspecified atom stereocenters. The maximum Gasteiger partial charge on any atom is 0.339 e. The van der Waals surface area contributed by atoms with Crippen LogP contribution in [0.25, 0.3) is 0 Å². The van der Waals surface area contributed by atoms with Crippen molar-refractivity contribution in [2.75, 3.05) is 6.61 Å². The normalized spacial score (nSPS) is 13.5. The van der Waals surface area contributed by atoms with Gasteiger partial charge in [0.25, 0.3) is 0 Å². The molecule has 6 heteroatoms. The number of hydrogen-bond acceptors (Lipinski definition) is 5. The molecule has 5 nitrogen and oxygen atoms in total. The fourth-order valence-electron chi connectivity index (χ4n) is 4.01. The lowest BCUT2D eigenvalue weighted by atomic mass is 9.91. The predicted molar refractivity (Wildman–Crippen MR) is 140 cm³/mol. The van der Waals surface area contributed by atoms with Gasteiger partial charge in [0.15, 0.2) is 0 Å². The monoisotopic (exact) mass is 490 g/mol. The molecule has 0 saturated carbocycles. The van der Waals surface area contributed by atoms with Crippen molar-refractivity contribution in [2.24, 2.45) is 11.8 Å². The summed E-state index contributed by atoms with van der Waals surface area (Å²) in [6, 6.07) is 27.6. The Hall–Kier alpha value is -3.30. The molecule has 182 valence electrons. The van der Waals surface area contributed by atoms with Crippen molar-refractivity contribution in [3.05, 3.63) is 90.5 Å². The number of esters is 2. The Kier molecular flexibility index (Phi) is 9.75. The molecule has 0 spiro atoms. The second-order valence-electron chi connectivity index (χ2n) is 8.31. The van der Waals surface area contributed by atoms with Gasteiger partial charge in [-0.15, -0.1) is 0 Å². The van der Waals surface area contributed by atoms with Gasteiger partial charge in [0.1, 0.15) is 12.4 Å². The van der Waals surface area contributed by atoms with E-state index in [0.717, 1.165) is 22.2 Å². The maximum atomic E-state index is 13.6. The summed E-state index contributed by atoms with van der Waals surface area (Å²) >= 11 is 0. The first-order valence-corrected chi connectivity index (χ1v) is 13.1. The van der Waals surface area contributed by atoms with Crippen molar-refractivity contribution in [1.29, 1.82) is 0 Å². The van der Waals surface area contributed by atoms with Gasteiger partial charge in [0, 0.05) is 12.3 Å². The van der Waals surface area contributed by atoms with Crippen LogP contribution < -0.4 is 15.9 Å². The first-order chi connectivity index (χ1) is 17.0. The molecule has 3 atom stereocenters. The fraction of sp³-hybridized carbons (Fsp3) is 0.276. The molecule has 3 rings (SSSR count). The summed E-state index contributed by atoms with van der Waals surface area (Å²) in [6.45, 7) is 5.43. The highest BCUT2D eigenvalue weighted by Crippen LogP contribution is 2.34. The molecule has 0 saturated heterocycles. The van der Waals surface area contributed by atoms with Gasteiger partial charge in [-0.2, -0.15) is 0 Å². The summed E-state index contributed by atoms with van der Waals surface area (Å²) in [5.41, 5.74) is 0.450. The third kappa shape index (κ3) is 6.64. The van der Waals surface area contributed by atoms with Crippen molar-refractivity contribution in [3.8, 4) is 0 Å². The van der Waals surface area contributed by atoms with Gasteiger partial charge in [0.05, 0.1) is 18.1 Å². The van der Waals surface area contributed by atoms with Gasteiger partial charge in [-0.05, 0) is 43.7 Å². The molecule has 0 aliphatic carbocycles. The van der Waals surface area contributed by atoms with Crippen molar-refractivity contribution < 1.29 is 23.9 Å². The topological polar surface area (TPSA) is 69.7 Å². The number of ether oxygens (including phenoxy) is 2. The average Bonchev–Trinajstić information content (AvgIpc) is 2.89. The summed E-state index contributed by atoms with van der Waals surface area (Å²) in [4.78, 5) is 37.2. The molecule has 3 aromatic carbocycles. The van der Waals surface area contributed by atoms with Crippen LogP contribution in [0, 0.1) is 11.8 Å². The molecule has 35 heavy (non-hydrogen) atoms. The Balaban J connectivity index is 2.01. The second kappa shape index (κ2) is 13.0. The van der Waals surface area contributed by atoms with E-state index in [4.69, 9.17) is 9.47 Å². The van der Waals surface area contributed by atoms with Gasteiger partial charge in [-0.1, -0.05) is 85.8 Å². The quantitative estimate of drug-likeness (QED) is 0.227. The van der Waals surface area contributed by atoms with E-state index in [1.165, 1.54) is 0 Å². The van der Waals surface area contributed by atoms with E-state index < -0.39 is 31.9 Å². The van der Waals surface area contributed by atoms with Crippen LogP contribution in [0.2, 0.25) is 0 Å². The van der Waals surface area contributed by atoms with Crippen LogP contribution in [-0.2, 0) is 19.1 Å². The first kappa shape index (κ1) is 26.3. The smallest absolute Gasteiger partial charge is 0.339 e. The third-order valence-electron chi connectivity index (χ3n) is 5.82. The molecule has 0 fully saturated rings. The van der Waals surface area contributed by atoms with Crippen molar-refractivity contribution in [3.63, 3.8) is 0 Å². The minimum Gasteiger partial charge on any atom is -0.466 e. The zero-order chi connectivity index (χ0) is 25.2. The van der Waals surface area contributed by atoms with Gasteiger partial charge in [0.2, 0.25) is 0 Å². The summed E-state index contributed by atoms with van der Waals surface area (Å²) in [7, 11) is -1.03. The number of hydrogen-bond donors (Lipinski definition) is 0. The van der Waals surface area contributed by atoms with E-state index in [9.17, 15) is 14.4 Å². The van der Waals surface area contributed by atoms with Crippen LogP contribution in [0.4, 0.5) is 0 Å². The number of aldehydes is 1. The first-order valence-electron chi connectivity index (χ1n) is 11.8. The third-order valence-corrected chi connectivity index (χ3v) is 8.32. The standard InChI is InChI=1S/C29H31O5P/c1-4-33-28(31)22(3)27(21(2)19-20-30)34-29(32)25-17-11-12-18-26(25)35(23-13-7-5-8-14-23)24-15-9-6-10-16-24/h5-18,20-22,27H,4,19H2,1-3H3/t21-,22+,27+/m1/s1. The lowest BCUT2D eigenvalue weighted by Gasteiger charge is -2.28. The van der Waals surface area contributed by atoms with E-state index in [1.54, 1.807) is 26.8 Å². The van der Waals surface area contributed by atoms with Crippen molar-refractivity contribution >= 4 is 42.1 Å². The van der Waals surface area contributed by atoms with Gasteiger partial charge >= 0.3 is 11.9 Å². The van der Waals surface area contributed by atoms with Crippen LogP contribution in [-0.4, -0.2) is 30.9 Å². The molecule has 0 aliphatic rings. The molecular weight excluding hydrogens is 459 g/mol. The SMILES string of the molecule is CCOC(=O)[C@@H](C)[C@@H](OC(=O)c1ccccc1P(c1ccccc1)c1ccccc1)[C@H](C)CC=O. The van der Waals surface area contributed by atoms with Crippen LogP contribution in [0.15, 0.2) is 84.9 Å². The number of carbonyl (C=O) groups excluding carboxylic acids is 3. The summed E-state index contributed by atoms with van der Waals surface area (Å²) < 4.78 is 11.1. The number of carbonyl (C=O) groups is 3. The van der Waals surface area contributed by atoms with E-state index in [-0.39, 0.29) is 18.9 Å². The van der Waals surface area contributed by atoms with Crippen molar-refractivity contribution in [1.82, 2.24) is 0 Å². The van der Waals surface area contributed by atoms with Gasteiger partial charge in [-0.3, -0.25) is 4.79 Å². The molecule has 3 aromatic rings. The lowest BCUT2D eigenvalue weighted by Crippen LogP contribution is -2.38. The van der Waals surface area contributed by atoms with Crippen LogP contribution in [0.1, 0.15) is 37.6 Å². The molecule has 0 amide bonds. The highest BCUT2D eigenvalue weighted by molar-refractivity contribution is 7.80. The predicted octanol–water partition coefficient (Wildman–Crippen LogP) is 4.39. The Bertz CT molecular complexity index is 1080. The zero-order valence-corrected chi connectivity index (χ0v) is 21.2. The van der Waals surface area contributed by atoms with Crippen molar-refractivity contribution in [2.45, 2.75) is 33.3 Å². The van der Waals surface area contributed by atoms with E-state index >= 15 is 0 Å². The minimum absolute atomic E-state index is 0.171. The number of rotatable bonds is 11. The number of benzene rings is 3. The summed E-state index contributed by atoms with van der Waals surface area (Å²) in [5.74, 6) is -2.01. The molecule has 0 N–H and O–H groups in total. The Labute approximate surface area is 208 Å². The molecule has 0 heterocycles. The van der Waals surface area contributed by atoms with Gasteiger partial charge in [-0.25, -0.2) is 4.79 Å².